The van der Waals surface area contributed by atoms with Crippen molar-refractivity contribution in [2.24, 2.45) is 4.99 Å². The molecule has 1 aliphatic rings. The highest BCUT2D eigenvalue weighted by atomic mass is 16.5. The molecule has 6 nitrogen and oxygen atoms in total. The van der Waals surface area contributed by atoms with Crippen LogP contribution in [0, 0.1) is 0 Å². The first kappa shape index (κ1) is 23.6. The Morgan fingerprint density at radius 3 is 2.48 bits per heavy atom. The van der Waals surface area contributed by atoms with Gasteiger partial charge in [0.1, 0.15) is 0 Å². The molecule has 0 aliphatic carbocycles. The van der Waals surface area contributed by atoms with Gasteiger partial charge in [0.25, 0.3) is 0 Å². The van der Waals surface area contributed by atoms with Gasteiger partial charge in [-0.2, -0.15) is 0 Å². The van der Waals surface area contributed by atoms with Gasteiger partial charge in [0.05, 0.1) is 6.54 Å². The molecule has 1 aromatic rings. The van der Waals surface area contributed by atoms with Crippen LogP contribution in [0.4, 0.5) is 0 Å². The van der Waals surface area contributed by atoms with Crippen LogP contribution in [-0.4, -0.2) is 75.8 Å². The Balaban J connectivity index is 1.75. The number of likely N-dealkylation sites (tertiary alicyclic amines) is 1. The molecule has 1 aromatic carbocycles. The summed E-state index contributed by atoms with van der Waals surface area (Å²) >= 11 is 0. The molecule has 0 unspecified atom stereocenters. The minimum absolute atomic E-state index is 0.697. The van der Waals surface area contributed by atoms with Gasteiger partial charge in [-0.15, -0.1) is 0 Å². The Labute approximate surface area is 177 Å². The van der Waals surface area contributed by atoms with Gasteiger partial charge in [0.15, 0.2) is 5.96 Å². The van der Waals surface area contributed by atoms with Gasteiger partial charge in [0.2, 0.25) is 0 Å². The van der Waals surface area contributed by atoms with Crippen molar-refractivity contribution >= 4 is 5.96 Å². The number of hydrogen-bond acceptors (Lipinski definition) is 4. The summed E-state index contributed by atoms with van der Waals surface area (Å²) < 4.78 is 5.11. The molecule has 0 radical (unpaired) electrons. The van der Waals surface area contributed by atoms with Gasteiger partial charge in [0, 0.05) is 46.4 Å². The van der Waals surface area contributed by atoms with Crippen LogP contribution in [0.1, 0.15) is 43.7 Å². The molecule has 0 bridgehead atoms. The first-order valence-electron chi connectivity index (χ1n) is 11.2. The van der Waals surface area contributed by atoms with E-state index in [1.807, 2.05) is 0 Å². The second-order valence-electron chi connectivity index (χ2n) is 7.92. The third-order valence-corrected chi connectivity index (χ3v) is 5.32. The third-order valence-electron chi connectivity index (χ3n) is 5.32. The molecule has 0 amide bonds. The lowest BCUT2D eigenvalue weighted by Crippen LogP contribution is -2.41. The lowest BCUT2D eigenvalue weighted by Gasteiger charge is -2.26. The summed E-state index contributed by atoms with van der Waals surface area (Å²) in [6.07, 6.45) is 5.14. The molecule has 1 saturated heterocycles. The fourth-order valence-electron chi connectivity index (χ4n) is 3.59. The topological polar surface area (TPSA) is 52.1 Å². The molecule has 164 valence electrons. The maximum absolute atomic E-state index is 5.11. The van der Waals surface area contributed by atoms with Crippen LogP contribution in [-0.2, 0) is 17.8 Å². The highest BCUT2D eigenvalue weighted by molar-refractivity contribution is 5.79. The molecule has 0 spiro atoms. The lowest BCUT2D eigenvalue weighted by atomic mass is 10.1. The standard InChI is InChI=1S/C23H41N5O/c1-4-24-23(25-13-17-27(2)14-8-18-29-3)26-19-21-9-11-22(12-10-21)20-28-15-6-5-7-16-28/h9-12H,4-8,13-20H2,1-3H3,(H2,24,25,26). The highest BCUT2D eigenvalue weighted by Gasteiger charge is 2.10. The third kappa shape index (κ3) is 10.1. The van der Waals surface area contributed by atoms with E-state index in [0.717, 1.165) is 51.7 Å². The first-order chi connectivity index (χ1) is 14.2. The van der Waals surface area contributed by atoms with Crippen molar-refractivity contribution in [1.29, 1.82) is 0 Å². The first-order valence-corrected chi connectivity index (χ1v) is 11.2. The number of nitrogens with zero attached hydrogens (tertiary/aromatic N) is 3. The van der Waals surface area contributed by atoms with Gasteiger partial charge >= 0.3 is 0 Å². The SMILES string of the molecule is CCNC(=NCc1ccc(CN2CCCCC2)cc1)NCCN(C)CCCOC. The molecule has 0 saturated carbocycles. The van der Waals surface area contributed by atoms with E-state index in [1.54, 1.807) is 7.11 Å². The zero-order chi connectivity index (χ0) is 20.7. The molecule has 1 heterocycles. The largest absolute Gasteiger partial charge is 0.385 e. The van der Waals surface area contributed by atoms with Crippen LogP contribution >= 0.6 is 0 Å². The molecule has 2 rings (SSSR count). The van der Waals surface area contributed by atoms with Crippen LogP contribution in [0.2, 0.25) is 0 Å². The Bertz CT molecular complexity index is 569. The second-order valence-corrected chi connectivity index (χ2v) is 7.92. The Hall–Kier alpha value is -1.63. The molecule has 1 aliphatic heterocycles. The van der Waals surface area contributed by atoms with Crippen molar-refractivity contribution in [1.82, 2.24) is 20.4 Å². The summed E-state index contributed by atoms with van der Waals surface area (Å²) in [5.41, 5.74) is 2.66. The summed E-state index contributed by atoms with van der Waals surface area (Å²) in [4.78, 5) is 9.63. The molecular formula is C23H41N5O. The van der Waals surface area contributed by atoms with E-state index in [-0.39, 0.29) is 0 Å². The average molecular weight is 404 g/mol. The molecule has 6 heteroatoms. The minimum atomic E-state index is 0.697. The van der Waals surface area contributed by atoms with Crippen molar-refractivity contribution in [2.45, 2.75) is 45.7 Å². The second kappa shape index (κ2) is 14.4. The fraction of sp³-hybridized carbons (Fsp3) is 0.696. The Morgan fingerprint density at radius 1 is 1.07 bits per heavy atom. The van der Waals surface area contributed by atoms with Crippen LogP contribution < -0.4 is 10.6 Å². The quantitative estimate of drug-likeness (QED) is 0.319. The number of nitrogens with one attached hydrogen (secondary N) is 2. The molecule has 0 aromatic heterocycles. The summed E-state index contributed by atoms with van der Waals surface area (Å²) in [6, 6.07) is 8.95. The van der Waals surface area contributed by atoms with E-state index in [2.05, 4.69) is 58.7 Å². The normalized spacial score (nSPS) is 15.7. The maximum Gasteiger partial charge on any atom is 0.191 e. The number of guanidine groups is 1. The molecule has 29 heavy (non-hydrogen) atoms. The van der Waals surface area contributed by atoms with E-state index in [4.69, 9.17) is 9.73 Å². The van der Waals surface area contributed by atoms with Crippen LogP contribution in [0.25, 0.3) is 0 Å². The average Bonchev–Trinajstić information content (AvgIpc) is 2.74. The maximum atomic E-state index is 5.11. The van der Waals surface area contributed by atoms with Gasteiger partial charge < -0.3 is 20.3 Å². The van der Waals surface area contributed by atoms with E-state index in [9.17, 15) is 0 Å². The number of likely N-dealkylation sites (N-methyl/N-ethyl adjacent to an activating group) is 1. The highest BCUT2D eigenvalue weighted by Crippen LogP contribution is 2.14. The summed E-state index contributed by atoms with van der Waals surface area (Å²) in [7, 11) is 3.90. The number of benzene rings is 1. The molecule has 2 N–H and O–H groups in total. The van der Waals surface area contributed by atoms with E-state index >= 15 is 0 Å². The number of piperidine rings is 1. The summed E-state index contributed by atoms with van der Waals surface area (Å²) in [5.74, 6) is 0.884. The van der Waals surface area contributed by atoms with Gasteiger partial charge in [-0.3, -0.25) is 4.90 Å². The zero-order valence-electron chi connectivity index (χ0n) is 18.8. The number of rotatable bonds is 12. The summed E-state index contributed by atoms with van der Waals surface area (Å²) in [5, 5.41) is 6.78. The number of ether oxygens (including phenoxy) is 1. The van der Waals surface area contributed by atoms with Crippen molar-refractivity contribution < 1.29 is 4.74 Å². The van der Waals surface area contributed by atoms with Crippen molar-refractivity contribution in [2.75, 3.05) is 60.0 Å². The van der Waals surface area contributed by atoms with Gasteiger partial charge in [-0.05, 0) is 57.5 Å². The predicted octanol–water partition coefficient (Wildman–Crippen LogP) is 2.70. The molecular weight excluding hydrogens is 362 g/mol. The fourth-order valence-corrected chi connectivity index (χ4v) is 3.59. The lowest BCUT2D eigenvalue weighted by molar-refractivity contribution is 0.180. The van der Waals surface area contributed by atoms with Crippen molar-refractivity contribution in [3.05, 3.63) is 35.4 Å². The Morgan fingerprint density at radius 2 is 1.79 bits per heavy atom. The summed E-state index contributed by atoms with van der Waals surface area (Å²) in [6.45, 7) is 11.0. The molecule has 0 atom stereocenters. The molecule has 1 fully saturated rings. The number of methoxy groups -OCH3 is 1. The predicted molar refractivity (Wildman–Crippen MR) is 122 cm³/mol. The number of aliphatic imine (C=N–C) groups is 1. The van der Waals surface area contributed by atoms with E-state index < -0.39 is 0 Å². The smallest absolute Gasteiger partial charge is 0.191 e. The minimum Gasteiger partial charge on any atom is -0.385 e. The Kier molecular flexibility index (Phi) is 11.7. The van der Waals surface area contributed by atoms with E-state index in [0.29, 0.717) is 6.54 Å². The van der Waals surface area contributed by atoms with Crippen molar-refractivity contribution in [3.63, 3.8) is 0 Å². The van der Waals surface area contributed by atoms with Crippen LogP contribution in [0.3, 0.4) is 0 Å². The van der Waals surface area contributed by atoms with Gasteiger partial charge in [-0.1, -0.05) is 30.7 Å². The van der Waals surface area contributed by atoms with Crippen LogP contribution in [0.5, 0.6) is 0 Å². The zero-order valence-corrected chi connectivity index (χ0v) is 18.8. The van der Waals surface area contributed by atoms with E-state index in [1.165, 1.54) is 43.5 Å². The van der Waals surface area contributed by atoms with Gasteiger partial charge in [-0.25, -0.2) is 4.99 Å². The van der Waals surface area contributed by atoms with Crippen molar-refractivity contribution in [3.8, 4) is 0 Å². The monoisotopic (exact) mass is 403 g/mol. The number of hydrogen-bond donors (Lipinski definition) is 2. The van der Waals surface area contributed by atoms with Crippen LogP contribution in [0.15, 0.2) is 29.3 Å².